The fourth-order valence-electron chi connectivity index (χ4n) is 2.32. The Morgan fingerprint density at radius 2 is 1.44 bits per heavy atom. The van der Waals surface area contributed by atoms with Crippen molar-refractivity contribution in [3.8, 4) is 0 Å². The Labute approximate surface area is 144 Å². The number of halogens is 4. The first kappa shape index (κ1) is 17.2. The molecule has 0 amide bonds. The second-order valence-corrected chi connectivity index (χ2v) is 7.33. The van der Waals surface area contributed by atoms with E-state index in [-0.39, 0.29) is 5.41 Å². The molecule has 0 aromatic heterocycles. The maximum absolute atomic E-state index is 3.74. The molecule has 0 unspecified atom stereocenters. The molecule has 0 atom stereocenters. The van der Waals surface area contributed by atoms with Crippen molar-refractivity contribution in [2.45, 2.75) is 24.7 Å². The van der Waals surface area contributed by atoms with Crippen LogP contribution >= 0.6 is 63.7 Å². The van der Waals surface area contributed by atoms with Gasteiger partial charge in [-0.2, -0.15) is 0 Å². The number of hydrogen-bond acceptors (Lipinski definition) is 0. The van der Waals surface area contributed by atoms with Gasteiger partial charge in [0.1, 0.15) is 0 Å². The summed E-state index contributed by atoms with van der Waals surface area (Å²) in [6.45, 7) is 0. The van der Waals surface area contributed by atoms with Gasteiger partial charge in [0.25, 0.3) is 0 Å². The third kappa shape index (κ3) is 4.32. The molecule has 102 valence electrons. The molecule has 0 heterocycles. The maximum Gasteiger partial charge on any atom is 0.0129 e. The molecule has 0 bridgehead atoms. The second kappa shape index (κ2) is 9.15. The van der Waals surface area contributed by atoms with Gasteiger partial charge in [-0.05, 0) is 30.4 Å². The summed E-state index contributed by atoms with van der Waals surface area (Å²) in [6.07, 6.45) is 3.40. The summed E-state index contributed by atoms with van der Waals surface area (Å²) in [5.41, 5.74) is 3.20. The van der Waals surface area contributed by atoms with Gasteiger partial charge in [-0.3, -0.25) is 0 Å². The molecule has 18 heavy (non-hydrogen) atoms. The van der Waals surface area contributed by atoms with Gasteiger partial charge in [-0.15, -0.1) is 0 Å². The SMILES string of the molecule is BrCCc1ccccc1C(CBr)(CCBr)CCBr. The highest BCUT2D eigenvalue weighted by atomic mass is 79.9. The largest absolute Gasteiger partial charge is 0.0928 e. The fraction of sp³-hybridized carbons (Fsp3) is 0.571. The Hall–Kier alpha value is 1.14. The average Bonchev–Trinajstić information content (AvgIpc) is 2.39. The van der Waals surface area contributed by atoms with E-state index in [4.69, 9.17) is 0 Å². The van der Waals surface area contributed by atoms with Crippen molar-refractivity contribution in [2.24, 2.45) is 0 Å². The van der Waals surface area contributed by atoms with Crippen LogP contribution in [0.5, 0.6) is 0 Å². The first-order valence-electron chi connectivity index (χ1n) is 6.06. The molecule has 0 fully saturated rings. The average molecular weight is 506 g/mol. The van der Waals surface area contributed by atoms with E-state index >= 15 is 0 Å². The molecule has 1 aromatic carbocycles. The van der Waals surface area contributed by atoms with Crippen molar-refractivity contribution >= 4 is 63.7 Å². The van der Waals surface area contributed by atoms with Crippen LogP contribution in [0.25, 0.3) is 0 Å². The van der Waals surface area contributed by atoms with Gasteiger partial charge < -0.3 is 0 Å². The molecule has 0 aliphatic carbocycles. The van der Waals surface area contributed by atoms with Gasteiger partial charge in [0.05, 0.1) is 0 Å². The van der Waals surface area contributed by atoms with Crippen LogP contribution in [-0.4, -0.2) is 21.3 Å². The predicted molar refractivity (Wildman–Crippen MR) is 96.2 cm³/mol. The van der Waals surface area contributed by atoms with E-state index in [9.17, 15) is 0 Å². The summed E-state index contributed by atoms with van der Waals surface area (Å²) in [7, 11) is 0. The van der Waals surface area contributed by atoms with E-state index in [1.807, 2.05) is 0 Å². The van der Waals surface area contributed by atoms with E-state index in [2.05, 4.69) is 88.0 Å². The molecule has 0 saturated heterocycles. The minimum absolute atomic E-state index is 0.228. The monoisotopic (exact) mass is 502 g/mol. The van der Waals surface area contributed by atoms with Crippen LogP contribution in [0.1, 0.15) is 24.0 Å². The van der Waals surface area contributed by atoms with Crippen molar-refractivity contribution in [3.05, 3.63) is 35.4 Å². The van der Waals surface area contributed by atoms with Crippen molar-refractivity contribution in [3.63, 3.8) is 0 Å². The highest BCUT2D eigenvalue weighted by Crippen LogP contribution is 2.37. The molecule has 0 N–H and O–H groups in total. The number of aryl methyl sites for hydroxylation is 1. The lowest BCUT2D eigenvalue weighted by Gasteiger charge is -2.33. The van der Waals surface area contributed by atoms with Crippen LogP contribution < -0.4 is 0 Å². The second-order valence-electron chi connectivity index (χ2n) is 4.39. The summed E-state index contributed by atoms with van der Waals surface area (Å²) in [4.78, 5) is 0. The molecule has 1 rings (SSSR count). The number of benzene rings is 1. The standard InChI is InChI=1S/C14H18Br4/c15-8-5-12-3-1-2-4-13(12)14(11-18,6-9-16)7-10-17/h1-4H,5-11H2. The minimum Gasteiger partial charge on any atom is -0.0928 e. The zero-order valence-electron chi connectivity index (χ0n) is 10.3. The Bertz CT molecular complexity index is 345. The molecule has 1 aromatic rings. The number of rotatable bonds is 8. The van der Waals surface area contributed by atoms with Crippen LogP contribution in [0.4, 0.5) is 0 Å². The zero-order chi connectivity index (χ0) is 13.4. The number of hydrogen-bond donors (Lipinski definition) is 0. The van der Waals surface area contributed by atoms with E-state index in [1.165, 1.54) is 11.1 Å². The van der Waals surface area contributed by atoms with Crippen LogP contribution in [-0.2, 0) is 11.8 Å². The van der Waals surface area contributed by atoms with E-state index < -0.39 is 0 Å². The Morgan fingerprint density at radius 3 is 1.94 bits per heavy atom. The summed E-state index contributed by atoms with van der Waals surface area (Å²) in [5, 5.41) is 4.10. The molecule has 0 saturated carbocycles. The normalized spacial score (nSPS) is 11.8. The molecular weight excluding hydrogens is 488 g/mol. The predicted octanol–water partition coefficient (Wildman–Crippen LogP) is 5.83. The lowest BCUT2D eigenvalue weighted by atomic mass is 9.75. The maximum atomic E-state index is 3.74. The first-order chi connectivity index (χ1) is 8.74. The topological polar surface area (TPSA) is 0 Å². The minimum atomic E-state index is 0.228. The van der Waals surface area contributed by atoms with Crippen LogP contribution in [0.15, 0.2) is 24.3 Å². The highest BCUT2D eigenvalue weighted by molar-refractivity contribution is 9.09. The third-order valence-corrected chi connectivity index (χ3v) is 5.62. The summed E-state index contributed by atoms with van der Waals surface area (Å²) >= 11 is 14.5. The van der Waals surface area contributed by atoms with Gasteiger partial charge in [0.15, 0.2) is 0 Å². The lowest BCUT2D eigenvalue weighted by Crippen LogP contribution is -2.31. The van der Waals surface area contributed by atoms with Crippen LogP contribution in [0, 0.1) is 0 Å². The molecule has 0 radical (unpaired) electrons. The Morgan fingerprint density at radius 1 is 0.833 bits per heavy atom. The smallest absolute Gasteiger partial charge is 0.0129 e. The summed E-state index contributed by atoms with van der Waals surface area (Å²) in [6, 6.07) is 8.86. The van der Waals surface area contributed by atoms with Crippen molar-refractivity contribution in [1.29, 1.82) is 0 Å². The van der Waals surface area contributed by atoms with Gasteiger partial charge >= 0.3 is 0 Å². The zero-order valence-corrected chi connectivity index (χ0v) is 16.6. The lowest BCUT2D eigenvalue weighted by molar-refractivity contribution is 0.457. The van der Waals surface area contributed by atoms with E-state index in [0.29, 0.717) is 0 Å². The van der Waals surface area contributed by atoms with Crippen molar-refractivity contribution in [2.75, 3.05) is 21.3 Å². The van der Waals surface area contributed by atoms with Crippen molar-refractivity contribution < 1.29 is 0 Å². The fourth-order valence-corrected chi connectivity index (χ4v) is 5.13. The molecule has 4 heteroatoms. The molecular formula is C14H18Br4. The van der Waals surface area contributed by atoms with Crippen LogP contribution in [0.3, 0.4) is 0 Å². The summed E-state index contributed by atoms with van der Waals surface area (Å²) in [5.74, 6) is 0. The molecule has 0 aliphatic rings. The van der Waals surface area contributed by atoms with Crippen LogP contribution in [0.2, 0.25) is 0 Å². The van der Waals surface area contributed by atoms with E-state index in [1.54, 1.807) is 0 Å². The van der Waals surface area contributed by atoms with Crippen molar-refractivity contribution in [1.82, 2.24) is 0 Å². The van der Waals surface area contributed by atoms with Gasteiger partial charge in [0, 0.05) is 26.7 Å². The third-order valence-electron chi connectivity index (χ3n) is 3.35. The number of alkyl halides is 4. The molecule has 0 spiro atoms. The first-order valence-corrected chi connectivity index (χ1v) is 10.5. The Kier molecular flexibility index (Phi) is 8.73. The van der Waals surface area contributed by atoms with Gasteiger partial charge in [0.2, 0.25) is 0 Å². The quantitative estimate of drug-likeness (QED) is 0.390. The summed E-state index contributed by atoms with van der Waals surface area (Å²) < 4.78 is 0. The Balaban J connectivity index is 3.18. The van der Waals surface area contributed by atoms with Gasteiger partial charge in [-0.25, -0.2) is 0 Å². The highest BCUT2D eigenvalue weighted by Gasteiger charge is 2.31. The molecule has 0 nitrogen and oxygen atoms in total. The molecule has 0 aliphatic heterocycles. The van der Waals surface area contributed by atoms with E-state index in [0.717, 1.165) is 40.6 Å². The van der Waals surface area contributed by atoms with Gasteiger partial charge in [-0.1, -0.05) is 88.0 Å².